The van der Waals surface area contributed by atoms with E-state index in [1.165, 1.54) is 12.1 Å². The first-order chi connectivity index (χ1) is 11.5. The molecule has 1 amide bonds. The van der Waals surface area contributed by atoms with E-state index < -0.39 is 6.10 Å². The van der Waals surface area contributed by atoms with Gasteiger partial charge >= 0.3 is 0 Å². The van der Waals surface area contributed by atoms with Crippen molar-refractivity contribution in [3.63, 3.8) is 0 Å². The second kappa shape index (κ2) is 7.49. The maximum Gasteiger partial charge on any atom is 0.227 e. The quantitative estimate of drug-likeness (QED) is 0.872. The Morgan fingerprint density at radius 3 is 2.50 bits per heavy atom. The predicted octanol–water partition coefficient (Wildman–Crippen LogP) is 1.22. The number of hydrogen-bond donors (Lipinski definition) is 2. The number of aliphatic hydroxyl groups excluding tert-OH is 1. The molecule has 0 aromatic heterocycles. The van der Waals surface area contributed by atoms with Gasteiger partial charge in [-0.3, -0.25) is 4.79 Å². The van der Waals surface area contributed by atoms with Crippen LogP contribution in [0.15, 0.2) is 24.3 Å². The highest BCUT2D eigenvalue weighted by atomic mass is 19.1. The van der Waals surface area contributed by atoms with E-state index >= 15 is 0 Å². The fourth-order valence-corrected chi connectivity index (χ4v) is 3.60. The molecule has 0 saturated carbocycles. The van der Waals surface area contributed by atoms with Crippen molar-refractivity contribution >= 4 is 11.6 Å². The number of carbonyl (C=O) groups is 1. The van der Waals surface area contributed by atoms with Crippen molar-refractivity contribution in [1.29, 1.82) is 0 Å². The second-order valence-corrected chi connectivity index (χ2v) is 6.97. The molecule has 3 rings (SSSR count). The molecule has 24 heavy (non-hydrogen) atoms. The van der Waals surface area contributed by atoms with E-state index in [4.69, 9.17) is 0 Å². The number of anilines is 1. The van der Waals surface area contributed by atoms with Crippen LogP contribution in [0.25, 0.3) is 0 Å². The third-order valence-corrected chi connectivity index (χ3v) is 5.15. The monoisotopic (exact) mass is 335 g/mol. The topological polar surface area (TPSA) is 55.8 Å². The van der Waals surface area contributed by atoms with E-state index in [1.807, 2.05) is 7.05 Å². The van der Waals surface area contributed by atoms with Gasteiger partial charge in [-0.15, -0.1) is 0 Å². The summed E-state index contributed by atoms with van der Waals surface area (Å²) in [5.41, 5.74) is 1.02. The largest absolute Gasteiger partial charge is 0.392 e. The lowest BCUT2D eigenvalue weighted by Gasteiger charge is -2.37. The van der Waals surface area contributed by atoms with Crippen LogP contribution in [-0.4, -0.2) is 61.3 Å². The van der Waals surface area contributed by atoms with Gasteiger partial charge in [-0.05, 0) is 50.6 Å². The van der Waals surface area contributed by atoms with Crippen LogP contribution < -0.4 is 10.2 Å². The first-order valence-corrected chi connectivity index (χ1v) is 8.70. The number of hydrogen-bond acceptors (Lipinski definition) is 4. The second-order valence-electron chi connectivity index (χ2n) is 6.97. The number of amides is 1. The number of halogens is 1. The van der Waals surface area contributed by atoms with Crippen molar-refractivity contribution in [3.05, 3.63) is 30.1 Å². The fraction of sp³-hybridized carbons (Fsp3) is 0.611. The Morgan fingerprint density at radius 2 is 1.83 bits per heavy atom. The van der Waals surface area contributed by atoms with Crippen LogP contribution in [0.3, 0.4) is 0 Å². The average Bonchev–Trinajstić information content (AvgIpc) is 2.58. The molecule has 2 aliphatic rings. The predicted molar refractivity (Wildman–Crippen MR) is 91.4 cm³/mol. The Hall–Kier alpha value is -1.66. The zero-order valence-corrected chi connectivity index (χ0v) is 14.1. The summed E-state index contributed by atoms with van der Waals surface area (Å²) >= 11 is 0. The van der Waals surface area contributed by atoms with E-state index in [1.54, 1.807) is 12.1 Å². The maximum absolute atomic E-state index is 13.0. The standard InChI is InChI=1S/C18H26FN3O2/c1-21-9-8-17(23)16(12-21)18(24)20-14-6-10-22(11-7-14)15-4-2-13(19)3-5-15/h2-5,14,16-17,23H,6-12H2,1H3,(H,20,24)/t16-,17-/m1/s1. The van der Waals surface area contributed by atoms with E-state index in [0.29, 0.717) is 13.0 Å². The lowest BCUT2D eigenvalue weighted by Crippen LogP contribution is -2.52. The van der Waals surface area contributed by atoms with Gasteiger partial charge in [0, 0.05) is 37.9 Å². The van der Waals surface area contributed by atoms with Crippen LogP contribution in [0, 0.1) is 11.7 Å². The molecule has 132 valence electrons. The summed E-state index contributed by atoms with van der Waals surface area (Å²) in [6, 6.07) is 6.69. The molecule has 6 heteroatoms. The van der Waals surface area contributed by atoms with Crippen molar-refractivity contribution in [2.24, 2.45) is 5.92 Å². The molecule has 0 radical (unpaired) electrons. The van der Waals surface area contributed by atoms with Crippen LogP contribution >= 0.6 is 0 Å². The molecule has 2 N–H and O–H groups in total. The van der Waals surface area contributed by atoms with Crippen molar-refractivity contribution in [2.45, 2.75) is 31.4 Å². The van der Waals surface area contributed by atoms with Crippen molar-refractivity contribution in [2.75, 3.05) is 38.1 Å². The number of rotatable bonds is 3. The molecular weight excluding hydrogens is 309 g/mol. The molecule has 0 spiro atoms. The first kappa shape index (κ1) is 17.2. The normalized spacial score (nSPS) is 26.4. The molecule has 2 saturated heterocycles. The molecule has 0 aliphatic carbocycles. The minimum absolute atomic E-state index is 0.0331. The molecule has 2 heterocycles. The first-order valence-electron chi connectivity index (χ1n) is 8.70. The summed E-state index contributed by atoms with van der Waals surface area (Å²) in [6.45, 7) is 3.12. The Balaban J connectivity index is 1.50. The third-order valence-electron chi connectivity index (χ3n) is 5.15. The molecule has 2 aliphatic heterocycles. The van der Waals surface area contributed by atoms with Crippen molar-refractivity contribution in [3.8, 4) is 0 Å². The summed E-state index contributed by atoms with van der Waals surface area (Å²) in [6.07, 6.45) is 1.83. The Kier molecular flexibility index (Phi) is 5.36. The Morgan fingerprint density at radius 1 is 1.17 bits per heavy atom. The fourth-order valence-electron chi connectivity index (χ4n) is 3.60. The summed E-state index contributed by atoms with van der Waals surface area (Å²) < 4.78 is 13.0. The van der Waals surface area contributed by atoms with Gasteiger partial charge in [0.05, 0.1) is 12.0 Å². The molecule has 1 aromatic carbocycles. The Labute approximate surface area is 142 Å². The highest BCUT2D eigenvalue weighted by molar-refractivity contribution is 5.80. The minimum Gasteiger partial charge on any atom is -0.392 e. The SMILES string of the molecule is CN1CC[C@@H](O)[C@H](C(=O)NC2CCN(c3ccc(F)cc3)CC2)C1. The molecule has 0 bridgehead atoms. The number of benzene rings is 1. The number of nitrogens with one attached hydrogen (secondary N) is 1. The van der Waals surface area contributed by atoms with E-state index in [9.17, 15) is 14.3 Å². The Bertz CT molecular complexity index is 558. The number of likely N-dealkylation sites (tertiary alicyclic amines) is 1. The zero-order chi connectivity index (χ0) is 17.1. The minimum atomic E-state index is -0.541. The van der Waals surface area contributed by atoms with Crippen LogP contribution in [0.2, 0.25) is 0 Å². The average molecular weight is 335 g/mol. The highest BCUT2D eigenvalue weighted by Crippen LogP contribution is 2.21. The van der Waals surface area contributed by atoms with Gasteiger partial charge in [-0.1, -0.05) is 0 Å². The van der Waals surface area contributed by atoms with Crippen LogP contribution in [-0.2, 0) is 4.79 Å². The van der Waals surface area contributed by atoms with Gasteiger partial charge in [0.25, 0.3) is 0 Å². The van der Waals surface area contributed by atoms with Crippen LogP contribution in [0.5, 0.6) is 0 Å². The van der Waals surface area contributed by atoms with Gasteiger partial charge in [-0.2, -0.15) is 0 Å². The van der Waals surface area contributed by atoms with Crippen LogP contribution in [0.1, 0.15) is 19.3 Å². The smallest absolute Gasteiger partial charge is 0.227 e. The van der Waals surface area contributed by atoms with Gasteiger partial charge < -0.3 is 20.2 Å². The number of aliphatic hydroxyl groups is 1. The van der Waals surface area contributed by atoms with E-state index in [0.717, 1.165) is 38.2 Å². The van der Waals surface area contributed by atoms with Gasteiger partial charge in [-0.25, -0.2) is 4.39 Å². The van der Waals surface area contributed by atoms with Crippen molar-refractivity contribution < 1.29 is 14.3 Å². The molecule has 2 fully saturated rings. The lowest BCUT2D eigenvalue weighted by atomic mass is 9.93. The molecule has 1 aromatic rings. The zero-order valence-electron chi connectivity index (χ0n) is 14.1. The maximum atomic E-state index is 13.0. The van der Waals surface area contributed by atoms with Gasteiger partial charge in [0.1, 0.15) is 5.82 Å². The molecule has 5 nitrogen and oxygen atoms in total. The molecular formula is C18H26FN3O2. The highest BCUT2D eigenvalue weighted by Gasteiger charge is 2.33. The van der Waals surface area contributed by atoms with Crippen molar-refractivity contribution in [1.82, 2.24) is 10.2 Å². The third kappa shape index (κ3) is 4.05. The van der Waals surface area contributed by atoms with Crippen LogP contribution in [0.4, 0.5) is 10.1 Å². The lowest BCUT2D eigenvalue weighted by molar-refractivity contribution is -0.132. The summed E-state index contributed by atoms with van der Waals surface area (Å²) in [4.78, 5) is 16.8. The molecule has 0 unspecified atom stereocenters. The number of nitrogens with zero attached hydrogens (tertiary/aromatic N) is 2. The summed E-state index contributed by atoms with van der Waals surface area (Å²) in [7, 11) is 1.98. The van der Waals surface area contributed by atoms with E-state index in [-0.39, 0.29) is 23.7 Å². The number of piperidine rings is 2. The van der Waals surface area contributed by atoms with E-state index in [2.05, 4.69) is 15.1 Å². The number of carbonyl (C=O) groups excluding carboxylic acids is 1. The van der Waals surface area contributed by atoms with Gasteiger partial charge in [0.2, 0.25) is 5.91 Å². The summed E-state index contributed by atoms with van der Waals surface area (Å²) in [5.74, 6) is -0.593. The summed E-state index contributed by atoms with van der Waals surface area (Å²) in [5, 5.41) is 13.2. The molecule has 2 atom stereocenters. The van der Waals surface area contributed by atoms with Gasteiger partial charge in [0.15, 0.2) is 0 Å².